The minimum atomic E-state index is 0.00784. The van der Waals surface area contributed by atoms with Crippen LogP contribution in [0.2, 0.25) is 0 Å². The zero-order chi connectivity index (χ0) is 11.8. The molecule has 5 heteroatoms. The zero-order valence-corrected chi connectivity index (χ0v) is 9.62. The van der Waals surface area contributed by atoms with Gasteiger partial charge in [0.1, 0.15) is 5.82 Å². The first-order chi connectivity index (χ1) is 7.76. The van der Waals surface area contributed by atoms with Crippen LogP contribution in [0.15, 0.2) is 18.2 Å². The van der Waals surface area contributed by atoms with E-state index >= 15 is 0 Å². The van der Waals surface area contributed by atoms with Crippen molar-refractivity contribution in [1.82, 2.24) is 10.3 Å². The van der Waals surface area contributed by atoms with Gasteiger partial charge in [0.2, 0.25) is 11.8 Å². The van der Waals surface area contributed by atoms with Gasteiger partial charge in [-0.1, -0.05) is 6.07 Å². The predicted octanol–water partition coefficient (Wildman–Crippen LogP) is 1.03. The van der Waals surface area contributed by atoms with Crippen molar-refractivity contribution in [3.05, 3.63) is 18.2 Å². The van der Waals surface area contributed by atoms with Crippen LogP contribution in [0.1, 0.15) is 13.3 Å². The van der Waals surface area contributed by atoms with E-state index in [2.05, 4.69) is 15.6 Å². The van der Waals surface area contributed by atoms with Crippen molar-refractivity contribution >= 4 is 11.7 Å². The first kappa shape index (κ1) is 12.3. The molecule has 1 amide bonds. The summed E-state index contributed by atoms with van der Waals surface area (Å²) >= 11 is 0. The fourth-order valence-corrected chi connectivity index (χ4v) is 1.17. The molecule has 1 heterocycles. The molecule has 0 aliphatic heterocycles. The summed E-state index contributed by atoms with van der Waals surface area (Å²) in [6, 6.07) is 5.50. The molecule has 0 aliphatic carbocycles. The minimum absolute atomic E-state index is 0.00784. The van der Waals surface area contributed by atoms with Crippen molar-refractivity contribution in [2.75, 3.05) is 25.5 Å². The maximum absolute atomic E-state index is 11.0. The van der Waals surface area contributed by atoms with E-state index in [0.717, 1.165) is 5.82 Å². The van der Waals surface area contributed by atoms with Gasteiger partial charge in [0.25, 0.3) is 0 Å². The number of carbonyl (C=O) groups excluding carboxylic acids is 1. The number of carbonyl (C=O) groups is 1. The highest BCUT2D eigenvalue weighted by Gasteiger charge is 1.99. The molecule has 2 N–H and O–H groups in total. The number of aromatic nitrogens is 1. The summed E-state index contributed by atoms with van der Waals surface area (Å²) in [4.78, 5) is 15.2. The number of hydrogen-bond acceptors (Lipinski definition) is 4. The summed E-state index contributed by atoms with van der Waals surface area (Å²) in [5, 5.41) is 5.62. The van der Waals surface area contributed by atoms with E-state index in [1.54, 1.807) is 13.1 Å². The Kier molecular flexibility index (Phi) is 5.11. The molecule has 5 nitrogen and oxygen atoms in total. The van der Waals surface area contributed by atoms with Crippen LogP contribution in [0.4, 0.5) is 5.82 Å². The summed E-state index contributed by atoms with van der Waals surface area (Å²) in [6.07, 6.45) is 0.428. The van der Waals surface area contributed by atoms with E-state index in [9.17, 15) is 4.79 Å². The molecule has 0 spiro atoms. The molecule has 1 aromatic rings. The highest BCUT2D eigenvalue weighted by atomic mass is 16.5. The van der Waals surface area contributed by atoms with E-state index in [0.29, 0.717) is 25.5 Å². The second kappa shape index (κ2) is 6.66. The number of rotatable bonds is 6. The van der Waals surface area contributed by atoms with Gasteiger partial charge in [-0.05, 0) is 13.0 Å². The summed E-state index contributed by atoms with van der Waals surface area (Å²) in [5.41, 5.74) is 0. The molecule has 1 rings (SSSR count). The molecule has 0 aliphatic rings. The molecule has 0 fully saturated rings. The van der Waals surface area contributed by atoms with Gasteiger partial charge in [-0.3, -0.25) is 4.79 Å². The predicted molar refractivity (Wildman–Crippen MR) is 62.6 cm³/mol. The highest BCUT2D eigenvalue weighted by molar-refractivity contribution is 5.76. The second-order valence-corrected chi connectivity index (χ2v) is 3.14. The number of anilines is 1. The summed E-state index contributed by atoms with van der Waals surface area (Å²) in [7, 11) is 1.62. The molecule has 0 saturated heterocycles. The average molecular weight is 223 g/mol. The maximum atomic E-state index is 11.0. The molecule has 0 bridgehead atoms. The third kappa shape index (κ3) is 4.16. The Morgan fingerprint density at radius 2 is 2.31 bits per heavy atom. The highest BCUT2D eigenvalue weighted by Crippen LogP contribution is 2.10. The van der Waals surface area contributed by atoms with Crippen molar-refractivity contribution in [2.24, 2.45) is 0 Å². The zero-order valence-electron chi connectivity index (χ0n) is 9.62. The molecule has 0 aromatic carbocycles. The topological polar surface area (TPSA) is 63.2 Å². The molecule has 0 radical (unpaired) electrons. The van der Waals surface area contributed by atoms with Crippen molar-refractivity contribution in [3.8, 4) is 5.88 Å². The lowest BCUT2D eigenvalue weighted by Crippen LogP contribution is -2.21. The number of amides is 1. The Hall–Kier alpha value is -1.78. The van der Waals surface area contributed by atoms with Crippen molar-refractivity contribution in [1.29, 1.82) is 0 Å². The normalized spacial score (nSPS) is 9.62. The largest absolute Gasteiger partial charge is 0.478 e. The van der Waals surface area contributed by atoms with Crippen LogP contribution < -0.4 is 15.4 Å². The number of hydrogen-bond donors (Lipinski definition) is 2. The van der Waals surface area contributed by atoms with Crippen LogP contribution in [-0.2, 0) is 4.79 Å². The fourth-order valence-electron chi connectivity index (χ4n) is 1.17. The van der Waals surface area contributed by atoms with Gasteiger partial charge in [-0.15, -0.1) is 0 Å². The van der Waals surface area contributed by atoms with E-state index in [1.807, 2.05) is 19.1 Å². The molecule has 88 valence electrons. The van der Waals surface area contributed by atoms with E-state index < -0.39 is 0 Å². The Balaban J connectivity index is 2.41. The van der Waals surface area contributed by atoms with Crippen LogP contribution >= 0.6 is 0 Å². The van der Waals surface area contributed by atoms with Gasteiger partial charge in [0.15, 0.2) is 0 Å². The molecule has 0 saturated carbocycles. The fraction of sp³-hybridized carbons (Fsp3) is 0.455. The van der Waals surface area contributed by atoms with E-state index in [4.69, 9.17) is 4.74 Å². The SMILES string of the molecule is CCOc1cccc(NCCC(=O)NC)n1. The molecular formula is C11H17N3O2. The minimum Gasteiger partial charge on any atom is -0.478 e. The molecule has 1 aromatic heterocycles. The first-order valence-corrected chi connectivity index (χ1v) is 5.30. The maximum Gasteiger partial charge on any atom is 0.221 e. The third-order valence-corrected chi connectivity index (χ3v) is 1.95. The van der Waals surface area contributed by atoms with Crippen LogP contribution in [-0.4, -0.2) is 31.1 Å². The molecule has 16 heavy (non-hydrogen) atoms. The van der Waals surface area contributed by atoms with E-state index in [-0.39, 0.29) is 5.91 Å². The van der Waals surface area contributed by atoms with Crippen LogP contribution in [0.25, 0.3) is 0 Å². The number of ether oxygens (including phenoxy) is 1. The standard InChI is InChI=1S/C11H17N3O2/c1-3-16-11-6-4-5-9(14-11)13-8-7-10(15)12-2/h4-6H,3,7-8H2,1-2H3,(H,12,15)(H,13,14). The van der Waals surface area contributed by atoms with Crippen molar-refractivity contribution in [3.63, 3.8) is 0 Å². The monoisotopic (exact) mass is 223 g/mol. The summed E-state index contributed by atoms with van der Waals surface area (Å²) < 4.78 is 5.26. The Labute approximate surface area is 95.2 Å². The summed E-state index contributed by atoms with van der Waals surface area (Å²) in [5.74, 6) is 1.32. The number of pyridine rings is 1. The molecule has 0 unspecified atom stereocenters. The molecule has 0 atom stereocenters. The lowest BCUT2D eigenvalue weighted by atomic mass is 10.4. The van der Waals surface area contributed by atoms with Crippen LogP contribution in [0.5, 0.6) is 5.88 Å². The van der Waals surface area contributed by atoms with Crippen molar-refractivity contribution in [2.45, 2.75) is 13.3 Å². The van der Waals surface area contributed by atoms with Gasteiger partial charge in [0.05, 0.1) is 6.61 Å². The average Bonchev–Trinajstić information content (AvgIpc) is 2.30. The smallest absolute Gasteiger partial charge is 0.221 e. The van der Waals surface area contributed by atoms with Gasteiger partial charge < -0.3 is 15.4 Å². The van der Waals surface area contributed by atoms with Crippen LogP contribution in [0, 0.1) is 0 Å². The Morgan fingerprint density at radius 1 is 1.50 bits per heavy atom. The lowest BCUT2D eigenvalue weighted by Gasteiger charge is -2.07. The lowest BCUT2D eigenvalue weighted by molar-refractivity contribution is -0.120. The molecular weight excluding hydrogens is 206 g/mol. The Morgan fingerprint density at radius 3 is 3.00 bits per heavy atom. The second-order valence-electron chi connectivity index (χ2n) is 3.14. The first-order valence-electron chi connectivity index (χ1n) is 5.30. The quantitative estimate of drug-likeness (QED) is 0.756. The van der Waals surface area contributed by atoms with E-state index in [1.165, 1.54) is 0 Å². The number of nitrogens with zero attached hydrogens (tertiary/aromatic N) is 1. The van der Waals surface area contributed by atoms with Gasteiger partial charge in [-0.2, -0.15) is 4.98 Å². The van der Waals surface area contributed by atoms with Gasteiger partial charge in [-0.25, -0.2) is 0 Å². The third-order valence-electron chi connectivity index (χ3n) is 1.95. The van der Waals surface area contributed by atoms with Crippen molar-refractivity contribution < 1.29 is 9.53 Å². The summed E-state index contributed by atoms with van der Waals surface area (Å²) in [6.45, 7) is 3.06. The number of nitrogens with one attached hydrogen (secondary N) is 2. The van der Waals surface area contributed by atoms with Gasteiger partial charge >= 0.3 is 0 Å². The van der Waals surface area contributed by atoms with Gasteiger partial charge in [0, 0.05) is 26.1 Å². The van der Waals surface area contributed by atoms with Crippen LogP contribution in [0.3, 0.4) is 0 Å². The Bertz CT molecular complexity index is 342.